The number of ether oxygens (including phenoxy) is 1. The summed E-state index contributed by atoms with van der Waals surface area (Å²) in [5.74, 6) is -1.66. The topological polar surface area (TPSA) is 131 Å². The van der Waals surface area contributed by atoms with E-state index in [0.717, 1.165) is 4.90 Å². The molecule has 3 amide bonds. The zero-order chi connectivity index (χ0) is 30.9. The first-order chi connectivity index (χ1) is 21.1. The fourth-order valence-electron chi connectivity index (χ4n) is 6.00. The number of hydrogen-bond donors (Lipinski definition) is 2. The SMILES string of the molecule is Cc1cc(Oc2ccccc2F)ccc1-n1ncc(C(=O)C2=Cc3cc(F)c(N4C(=O)[C@@H]5CC(O)CN5C4=O)cc3C2)c1N. The lowest BCUT2D eigenvalue weighted by Gasteiger charge is -2.18. The Balaban J connectivity index is 1.11. The van der Waals surface area contributed by atoms with Crippen molar-refractivity contribution >= 4 is 35.3 Å². The number of hydrogen-bond acceptors (Lipinski definition) is 7. The minimum Gasteiger partial charge on any atom is -0.454 e. The lowest BCUT2D eigenvalue weighted by molar-refractivity contribution is -0.119. The van der Waals surface area contributed by atoms with Crippen LogP contribution in [0.2, 0.25) is 0 Å². The average molecular weight is 598 g/mol. The molecule has 4 aromatic rings. The number of carbonyl (C=O) groups excluding carboxylic acids is 3. The molecule has 0 radical (unpaired) electrons. The van der Waals surface area contributed by atoms with Crippen molar-refractivity contribution in [2.75, 3.05) is 17.2 Å². The smallest absolute Gasteiger partial charge is 0.332 e. The Morgan fingerprint density at radius 1 is 1.07 bits per heavy atom. The molecule has 3 heterocycles. The fourth-order valence-corrected chi connectivity index (χ4v) is 6.00. The molecule has 0 spiro atoms. The summed E-state index contributed by atoms with van der Waals surface area (Å²) in [6.07, 6.45) is 2.37. The predicted octanol–water partition coefficient (Wildman–Crippen LogP) is 4.56. The third-order valence-electron chi connectivity index (χ3n) is 8.19. The second-order valence-electron chi connectivity index (χ2n) is 11.0. The molecule has 2 fully saturated rings. The molecule has 3 aliphatic rings. The summed E-state index contributed by atoms with van der Waals surface area (Å²) in [7, 11) is 0. The number of amides is 3. The normalized spacial score (nSPS) is 19.0. The molecule has 44 heavy (non-hydrogen) atoms. The van der Waals surface area contributed by atoms with Gasteiger partial charge in [0.05, 0.1) is 29.2 Å². The Labute approximate surface area is 249 Å². The number of aryl methyl sites for hydroxylation is 1. The van der Waals surface area contributed by atoms with Crippen molar-refractivity contribution in [1.29, 1.82) is 0 Å². The maximum Gasteiger partial charge on any atom is 0.332 e. The van der Waals surface area contributed by atoms with E-state index < -0.39 is 41.5 Å². The van der Waals surface area contributed by atoms with Crippen LogP contribution < -0.4 is 15.4 Å². The van der Waals surface area contributed by atoms with E-state index in [4.69, 9.17) is 10.5 Å². The van der Waals surface area contributed by atoms with Gasteiger partial charge in [0.15, 0.2) is 17.3 Å². The summed E-state index contributed by atoms with van der Waals surface area (Å²) >= 11 is 0. The summed E-state index contributed by atoms with van der Waals surface area (Å²) in [5.41, 5.74) is 9.02. The zero-order valence-corrected chi connectivity index (χ0v) is 23.3. The van der Waals surface area contributed by atoms with Crippen LogP contribution in [0, 0.1) is 18.6 Å². The third kappa shape index (κ3) is 4.33. The van der Waals surface area contributed by atoms with Gasteiger partial charge in [0.1, 0.15) is 23.4 Å². The molecule has 1 aliphatic carbocycles. The molecule has 2 atom stereocenters. The maximum absolute atomic E-state index is 15.2. The number of aliphatic hydroxyl groups excluding tert-OH is 1. The molecule has 222 valence electrons. The molecular formula is C32H25F2N5O5. The molecule has 2 saturated heterocycles. The van der Waals surface area contributed by atoms with Gasteiger partial charge in [-0.25, -0.2) is 23.2 Å². The molecule has 3 aromatic carbocycles. The van der Waals surface area contributed by atoms with E-state index in [1.807, 2.05) is 0 Å². The van der Waals surface area contributed by atoms with Gasteiger partial charge in [0, 0.05) is 25.0 Å². The van der Waals surface area contributed by atoms with Crippen LogP contribution >= 0.6 is 0 Å². The molecule has 0 saturated carbocycles. The Bertz CT molecular complexity index is 1910. The summed E-state index contributed by atoms with van der Waals surface area (Å²) < 4.78 is 36.3. The van der Waals surface area contributed by atoms with Gasteiger partial charge in [0.2, 0.25) is 0 Å². The van der Waals surface area contributed by atoms with Gasteiger partial charge in [-0.05, 0) is 72.2 Å². The van der Waals surface area contributed by atoms with Crippen LogP contribution in [-0.4, -0.2) is 56.2 Å². The van der Waals surface area contributed by atoms with Gasteiger partial charge in [-0.3, -0.25) is 9.59 Å². The number of imide groups is 1. The number of Topliss-reactive ketones (excluding diaryl/α,β-unsaturated/α-hetero) is 1. The second kappa shape index (κ2) is 10.1. The lowest BCUT2D eigenvalue weighted by atomic mass is 10.0. The summed E-state index contributed by atoms with van der Waals surface area (Å²) in [5, 5.41) is 14.2. The number of nitrogens with zero attached hydrogens (tertiary/aromatic N) is 4. The number of fused-ring (bicyclic) bond motifs is 2. The summed E-state index contributed by atoms with van der Waals surface area (Å²) in [4.78, 5) is 41.4. The van der Waals surface area contributed by atoms with E-state index in [1.165, 1.54) is 40.0 Å². The number of benzene rings is 3. The zero-order valence-electron chi connectivity index (χ0n) is 23.3. The highest BCUT2D eigenvalue weighted by Gasteiger charge is 2.51. The minimum absolute atomic E-state index is 0.0126. The monoisotopic (exact) mass is 597 g/mol. The third-order valence-corrected chi connectivity index (χ3v) is 8.19. The van der Waals surface area contributed by atoms with Gasteiger partial charge in [-0.2, -0.15) is 5.10 Å². The van der Waals surface area contributed by atoms with Crippen molar-refractivity contribution in [3.05, 3.63) is 100 Å². The minimum atomic E-state index is -0.820. The number of nitrogen functional groups attached to an aromatic ring is 1. The number of urea groups is 1. The van der Waals surface area contributed by atoms with Gasteiger partial charge in [0.25, 0.3) is 5.91 Å². The van der Waals surface area contributed by atoms with Crippen LogP contribution in [0.25, 0.3) is 11.8 Å². The highest BCUT2D eigenvalue weighted by molar-refractivity contribution is 6.22. The number of ketones is 1. The molecule has 7 rings (SSSR count). The number of anilines is 2. The predicted molar refractivity (Wildman–Crippen MR) is 156 cm³/mol. The van der Waals surface area contributed by atoms with E-state index >= 15 is 4.39 Å². The van der Waals surface area contributed by atoms with Gasteiger partial charge < -0.3 is 20.5 Å². The Kier molecular flexibility index (Phi) is 6.32. The second-order valence-corrected chi connectivity index (χ2v) is 11.0. The van der Waals surface area contributed by atoms with Crippen molar-refractivity contribution < 1.29 is 33.0 Å². The molecule has 1 unspecified atom stereocenters. The van der Waals surface area contributed by atoms with E-state index in [0.29, 0.717) is 33.7 Å². The average Bonchev–Trinajstić information content (AvgIpc) is 3.74. The Hall–Kier alpha value is -5.36. The van der Waals surface area contributed by atoms with Crippen LogP contribution in [0.4, 0.5) is 25.1 Å². The lowest BCUT2D eigenvalue weighted by Crippen LogP contribution is -2.35. The van der Waals surface area contributed by atoms with E-state index in [9.17, 15) is 23.9 Å². The van der Waals surface area contributed by atoms with Crippen molar-refractivity contribution in [2.24, 2.45) is 0 Å². The Morgan fingerprint density at radius 2 is 1.86 bits per heavy atom. The summed E-state index contributed by atoms with van der Waals surface area (Å²) in [6.45, 7) is 1.81. The molecule has 3 N–H and O–H groups in total. The number of halogens is 2. The number of nitrogens with two attached hydrogens (primary N) is 1. The van der Waals surface area contributed by atoms with Crippen LogP contribution in [0.1, 0.15) is 33.5 Å². The van der Waals surface area contributed by atoms with Gasteiger partial charge in [-0.15, -0.1) is 0 Å². The van der Waals surface area contributed by atoms with Crippen molar-refractivity contribution in [3.8, 4) is 17.2 Å². The van der Waals surface area contributed by atoms with Crippen LogP contribution in [-0.2, 0) is 11.2 Å². The maximum atomic E-state index is 15.2. The number of carbonyl (C=O) groups is 3. The quantitative estimate of drug-likeness (QED) is 0.246. The first-order valence-corrected chi connectivity index (χ1v) is 13.9. The van der Waals surface area contributed by atoms with E-state index in [2.05, 4.69) is 5.10 Å². The van der Waals surface area contributed by atoms with Crippen LogP contribution in [0.3, 0.4) is 0 Å². The van der Waals surface area contributed by atoms with Crippen LogP contribution in [0.5, 0.6) is 11.5 Å². The molecule has 0 bridgehead atoms. The molecule has 12 heteroatoms. The summed E-state index contributed by atoms with van der Waals surface area (Å²) in [6, 6.07) is 12.2. The number of aliphatic hydroxyl groups is 1. The van der Waals surface area contributed by atoms with Gasteiger partial charge >= 0.3 is 6.03 Å². The van der Waals surface area contributed by atoms with Crippen LogP contribution in [0.15, 0.2) is 66.4 Å². The van der Waals surface area contributed by atoms with Gasteiger partial charge in [-0.1, -0.05) is 12.1 Å². The van der Waals surface area contributed by atoms with E-state index in [1.54, 1.807) is 43.3 Å². The number of rotatable bonds is 6. The number of allylic oxidation sites excluding steroid dienone is 1. The standard InChI is InChI=1S/C32H25F2N5O5/c1-16-8-21(44-28-5-3-2-4-23(28)33)6-7-25(16)39-30(35)22(14-36-39)29(41)19-9-17-11-24(34)26(12-18(17)10-19)38-31(42)27-13-20(40)15-37(27)32(38)43/h2-9,11-12,14,20,27,40H,10,13,15,35H2,1H3/t20?,27-/m0/s1. The van der Waals surface area contributed by atoms with E-state index in [-0.39, 0.29) is 42.2 Å². The highest BCUT2D eigenvalue weighted by atomic mass is 19.1. The highest BCUT2D eigenvalue weighted by Crippen LogP contribution is 2.38. The molecule has 1 aromatic heterocycles. The largest absolute Gasteiger partial charge is 0.454 e. The molecule has 10 nitrogen and oxygen atoms in total. The molecular weight excluding hydrogens is 572 g/mol. The Morgan fingerprint density at radius 3 is 2.61 bits per heavy atom. The molecule has 2 aliphatic heterocycles. The van der Waals surface area contributed by atoms with Crippen molar-refractivity contribution in [1.82, 2.24) is 14.7 Å². The van der Waals surface area contributed by atoms with Crippen molar-refractivity contribution in [2.45, 2.75) is 31.9 Å². The van der Waals surface area contributed by atoms with Crippen molar-refractivity contribution in [3.63, 3.8) is 0 Å². The number of para-hydroxylation sites is 1. The first kappa shape index (κ1) is 27.5. The first-order valence-electron chi connectivity index (χ1n) is 13.9. The fraction of sp³-hybridized carbons (Fsp3) is 0.188. The number of aromatic nitrogens is 2.